The zero-order valence-corrected chi connectivity index (χ0v) is 11.0. The van der Waals surface area contributed by atoms with Gasteiger partial charge in [-0.1, -0.05) is 60.7 Å². The van der Waals surface area contributed by atoms with Crippen molar-refractivity contribution >= 4 is 5.91 Å². The highest BCUT2D eigenvalue weighted by Crippen LogP contribution is 2.24. The molecule has 0 heterocycles. The number of hydrogen-bond donors (Lipinski definition) is 1. The topological polar surface area (TPSA) is 43.1 Å². The fourth-order valence-corrected chi connectivity index (χ4v) is 2.34. The van der Waals surface area contributed by atoms with E-state index in [1.807, 2.05) is 36.4 Å². The Morgan fingerprint density at radius 1 is 0.947 bits per heavy atom. The lowest BCUT2D eigenvalue weighted by Gasteiger charge is -2.15. The number of amides is 1. The Labute approximate surface area is 114 Å². The molecule has 98 valence electrons. The molecular weight excluding hydrogens is 234 g/mol. The van der Waals surface area contributed by atoms with E-state index >= 15 is 0 Å². The van der Waals surface area contributed by atoms with Gasteiger partial charge in [0, 0.05) is 6.42 Å². The molecule has 0 saturated heterocycles. The number of primary amides is 1. The van der Waals surface area contributed by atoms with Crippen LogP contribution in [0.25, 0.3) is 0 Å². The van der Waals surface area contributed by atoms with E-state index in [2.05, 4.69) is 24.3 Å². The maximum atomic E-state index is 11.2. The molecule has 2 aromatic rings. The third kappa shape index (κ3) is 4.25. The van der Waals surface area contributed by atoms with Crippen LogP contribution in [0.5, 0.6) is 0 Å². The number of carbonyl (C=O) groups excluding carboxylic acids is 1. The normalized spacial score (nSPS) is 12.0. The van der Waals surface area contributed by atoms with Crippen LogP contribution in [-0.2, 0) is 11.2 Å². The van der Waals surface area contributed by atoms with Gasteiger partial charge in [-0.2, -0.15) is 0 Å². The van der Waals surface area contributed by atoms with Crippen LogP contribution in [0.2, 0.25) is 0 Å². The summed E-state index contributed by atoms with van der Waals surface area (Å²) in [5, 5.41) is 0. The molecule has 1 unspecified atom stereocenters. The second-order valence-corrected chi connectivity index (χ2v) is 4.80. The van der Waals surface area contributed by atoms with E-state index in [1.54, 1.807) is 0 Å². The fourth-order valence-electron chi connectivity index (χ4n) is 2.34. The predicted octanol–water partition coefficient (Wildman–Crippen LogP) is 3.28. The number of carbonyl (C=O) groups is 1. The highest BCUT2D eigenvalue weighted by atomic mass is 16.1. The SMILES string of the molecule is NC(=O)CC(CCc1ccccc1)c1ccccc1. The fraction of sp³-hybridized carbons (Fsp3) is 0.235. The Balaban J connectivity index is 2.04. The number of rotatable bonds is 6. The molecule has 0 aromatic heterocycles. The van der Waals surface area contributed by atoms with Crippen molar-refractivity contribution in [3.8, 4) is 0 Å². The molecule has 2 rings (SSSR count). The molecule has 0 spiro atoms. The Kier molecular flexibility index (Phi) is 4.73. The van der Waals surface area contributed by atoms with Crippen molar-refractivity contribution in [1.82, 2.24) is 0 Å². The van der Waals surface area contributed by atoms with Crippen LogP contribution < -0.4 is 5.73 Å². The number of hydrogen-bond acceptors (Lipinski definition) is 1. The first-order valence-corrected chi connectivity index (χ1v) is 6.63. The summed E-state index contributed by atoms with van der Waals surface area (Å²) in [6, 6.07) is 20.5. The highest BCUT2D eigenvalue weighted by Gasteiger charge is 2.14. The lowest BCUT2D eigenvalue weighted by atomic mass is 9.89. The van der Waals surface area contributed by atoms with Gasteiger partial charge in [-0.15, -0.1) is 0 Å². The van der Waals surface area contributed by atoms with Crippen molar-refractivity contribution in [2.24, 2.45) is 5.73 Å². The number of nitrogens with two attached hydrogens (primary N) is 1. The molecular formula is C17H19NO. The average molecular weight is 253 g/mol. The largest absolute Gasteiger partial charge is 0.370 e. The zero-order chi connectivity index (χ0) is 13.5. The van der Waals surface area contributed by atoms with Crippen molar-refractivity contribution in [3.63, 3.8) is 0 Å². The molecule has 0 aliphatic rings. The molecule has 2 nitrogen and oxygen atoms in total. The van der Waals surface area contributed by atoms with Gasteiger partial charge in [-0.05, 0) is 29.9 Å². The van der Waals surface area contributed by atoms with Gasteiger partial charge < -0.3 is 5.73 Å². The van der Waals surface area contributed by atoms with E-state index in [9.17, 15) is 4.79 Å². The van der Waals surface area contributed by atoms with Crippen molar-refractivity contribution in [1.29, 1.82) is 0 Å². The van der Waals surface area contributed by atoms with Crippen LogP contribution in [0.3, 0.4) is 0 Å². The van der Waals surface area contributed by atoms with E-state index < -0.39 is 0 Å². The van der Waals surface area contributed by atoms with Crippen molar-refractivity contribution in [3.05, 3.63) is 71.8 Å². The summed E-state index contributed by atoms with van der Waals surface area (Å²) in [7, 11) is 0. The van der Waals surface area contributed by atoms with Crippen LogP contribution in [0.4, 0.5) is 0 Å². The van der Waals surface area contributed by atoms with Gasteiger partial charge in [-0.25, -0.2) is 0 Å². The zero-order valence-electron chi connectivity index (χ0n) is 11.0. The summed E-state index contributed by atoms with van der Waals surface area (Å²) in [5.74, 6) is -0.0270. The molecule has 0 aliphatic carbocycles. The van der Waals surface area contributed by atoms with Gasteiger partial charge in [-0.3, -0.25) is 4.79 Å². The molecule has 0 radical (unpaired) electrons. The minimum Gasteiger partial charge on any atom is -0.370 e. The molecule has 0 saturated carbocycles. The van der Waals surface area contributed by atoms with Gasteiger partial charge in [0.25, 0.3) is 0 Å². The summed E-state index contributed by atoms with van der Waals surface area (Å²) in [4.78, 5) is 11.2. The summed E-state index contributed by atoms with van der Waals surface area (Å²) in [6.45, 7) is 0. The first-order chi connectivity index (χ1) is 9.25. The first-order valence-electron chi connectivity index (χ1n) is 6.63. The molecule has 2 aromatic carbocycles. The summed E-state index contributed by atoms with van der Waals surface area (Å²) in [6.07, 6.45) is 2.32. The summed E-state index contributed by atoms with van der Waals surface area (Å²) >= 11 is 0. The van der Waals surface area contributed by atoms with Gasteiger partial charge in [0.1, 0.15) is 0 Å². The van der Waals surface area contributed by atoms with Gasteiger partial charge >= 0.3 is 0 Å². The summed E-state index contributed by atoms with van der Waals surface area (Å²) < 4.78 is 0. The third-order valence-electron chi connectivity index (χ3n) is 3.34. The number of aryl methyl sites for hydroxylation is 1. The molecule has 0 bridgehead atoms. The predicted molar refractivity (Wildman–Crippen MR) is 77.8 cm³/mol. The van der Waals surface area contributed by atoms with Crippen molar-refractivity contribution in [2.45, 2.75) is 25.2 Å². The van der Waals surface area contributed by atoms with Crippen LogP contribution >= 0.6 is 0 Å². The standard InChI is InChI=1S/C17H19NO/c18-17(19)13-16(15-9-5-2-6-10-15)12-11-14-7-3-1-4-8-14/h1-10,16H,11-13H2,(H2,18,19). The maximum absolute atomic E-state index is 11.2. The van der Waals surface area contributed by atoms with E-state index in [-0.39, 0.29) is 11.8 Å². The van der Waals surface area contributed by atoms with E-state index in [1.165, 1.54) is 11.1 Å². The van der Waals surface area contributed by atoms with Crippen LogP contribution in [0, 0.1) is 0 Å². The van der Waals surface area contributed by atoms with Crippen molar-refractivity contribution < 1.29 is 4.79 Å². The Hall–Kier alpha value is -2.09. The smallest absolute Gasteiger partial charge is 0.218 e. The average Bonchev–Trinajstić information content (AvgIpc) is 2.45. The van der Waals surface area contributed by atoms with Gasteiger partial charge in [0.15, 0.2) is 0 Å². The third-order valence-corrected chi connectivity index (χ3v) is 3.34. The molecule has 1 atom stereocenters. The summed E-state index contributed by atoms with van der Waals surface area (Å²) in [5.41, 5.74) is 7.85. The monoisotopic (exact) mass is 253 g/mol. The second-order valence-electron chi connectivity index (χ2n) is 4.80. The molecule has 2 N–H and O–H groups in total. The van der Waals surface area contributed by atoms with Crippen molar-refractivity contribution in [2.75, 3.05) is 0 Å². The first kappa shape index (κ1) is 13.3. The highest BCUT2D eigenvalue weighted by molar-refractivity contribution is 5.74. The van der Waals surface area contributed by atoms with Gasteiger partial charge in [0.2, 0.25) is 5.91 Å². The molecule has 19 heavy (non-hydrogen) atoms. The van der Waals surface area contributed by atoms with Gasteiger partial charge in [0.05, 0.1) is 0 Å². The van der Waals surface area contributed by atoms with E-state index in [0.29, 0.717) is 6.42 Å². The minimum atomic E-state index is -0.234. The molecule has 1 amide bonds. The lowest BCUT2D eigenvalue weighted by Crippen LogP contribution is -2.16. The molecule has 0 aliphatic heterocycles. The maximum Gasteiger partial charge on any atom is 0.218 e. The van der Waals surface area contributed by atoms with Crippen LogP contribution in [0.15, 0.2) is 60.7 Å². The lowest BCUT2D eigenvalue weighted by molar-refractivity contribution is -0.118. The quantitative estimate of drug-likeness (QED) is 0.843. The second kappa shape index (κ2) is 6.74. The van der Waals surface area contributed by atoms with E-state index in [4.69, 9.17) is 5.73 Å². The van der Waals surface area contributed by atoms with Crippen LogP contribution in [0.1, 0.15) is 29.9 Å². The Morgan fingerprint density at radius 2 is 1.53 bits per heavy atom. The minimum absolute atomic E-state index is 0.207. The van der Waals surface area contributed by atoms with E-state index in [0.717, 1.165) is 12.8 Å². The Morgan fingerprint density at radius 3 is 2.11 bits per heavy atom. The molecule has 2 heteroatoms. The Bertz CT molecular complexity index is 507. The molecule has 0 fully saturated rings. The number of benzene rings is 2. The van der Waals surface area contributed by atoms with Crippen LogP contribution in [-0.4, -0.2) is 5.91 Å².